The number of hydrogen-bond donors (Lipinski definition) is 0. The molecule has 0 nitrogen and oxygen atoms in total. The van der Waals surface area contributed by atoms with Gasteiger partial charge < -0.3 is 6.92 Å². The van der Waals surface area contributed by atoms with Crippen molar-refractivity contribution in [2.45, 2.75) is 31.6 Å². The van der Waals surface area contributed by atoms with E-state index in [1.165, 1.54) is 39.8 Å². The molecule has 2 aliphatic rings. The summed E-state index contributed by atoms with van der Waals surface area (Å²) < 4.78 is 0. The summed E-state index contributed by atoms with van der Waals surface area (Å²) in [5.74, 6) is 0.794. The van der Waals surface area contributed by atoms with Crippen LogP contribution in [0.1, 0.15) is 58.6 Å². The van der Waals surface area contributed by atoms with Crippen molar-refractivity contribution in [1.29, 1.82) is 0 Å². The molecule has 3 aromatic carbocycles. The normalized spacial score (nSPS) is 16.9. The topological polar surface area (TPSA) is 0 Å². The van der Waals surface area contributed by atoms with Gasteiger partial charge in [-0.1, -0.05) is 92.1 Å². The zero-order chi connectivity index (χ0) is 22.1. The van der Waals surface area contributed by atoms with Crippen LogP contribution < -0.4 is 0 Å². The molecule has 2 aliphatic carbocycles. The van der Waals surface area contributed by atoms with Crippen molar-refractivity contribution in [1.82, 2.24) is 0 Å². The number of rotatable bonds is 3. The van der Waals surface area contributed by atoms with E-state index in [2.05, 4.69) is 111 Å². The molecule has 156 valence electrons. The quantitative estimate of drug-likeness (QED) is 0.301. The van der Waals surface area contributed by atoms with Crippen LogP contribution in [0, 0.1) is 13.0 Å². The monoisotopic (exact) mass is 522 g/mol. The molecule has 2 atom stereocenters. The third-order valence-electron chi connectivity index (χ3n) is 5.47. The molecule has 0 aliphatic heterocycles. The molecule has 0 heterocycles. The van der Waals surface area contributed by atoms with Crippen molar-refractivity contribution < 1.29 is 20.8 Å². The predicted molar refractivity (Wildman–Crippen MR) is 132 cm³/mol. The maximum absolute atomic E-state index is 4.93. The van der Waals surface area contributed by atoms with E-state index in [1.807, 2.05) is 0 Å². The average molecular weight is 525 g/mol. The minimum absolute atomic E-state index is 0.371. The standard InChI is InChI=1S/C18H17.C10H9.2ClH.Zr/c1-2-6-14-7-5-9-16(13-14)18-12-11-15-8-3-4-10-17(15)18;1-8-6-7-9-4-2-3-5-10(8)9;;;/h3-5,8-13,18H,2,6H2,1H3;2-8H,1H2;2*1H;/q2*-1;;;+4/p-2. The van der Waals surface area contributed by atoms with Gasteiger partial charge in [0, 0.05) is 5.92 Å². The van der Waals surface area contributed by atoms with Crippen LogP contribution in [0.5, 0.6) is 0 Å². The zero-order valence-corrected chi connectivity index (χ0v) is 21.7. The van der Waals surface area contributed by atoms with Gasteiger partial charge in [-0.25, -0.2) is 0 Å². The Morgan fingerprint density at radius 3 is 2.19 bits per heavy atom. The molecule has 5 rings (SSSR count). The zero-order valence-electron chi connectivity index (χ0n) is 17.7. The van der Waals surface area contributed by atoms with E-state index in [0.29, 0.717) is 11.8 Å². The molecule has 0 aromatic heterocycles. The fourth-order valence-corrected chi connectivity index (χ4v) is 4.01. The number of hydrogen-bond acceptors (Lipinski definition) is 0. The number of allylic oxidation sites excluding steroid dienone is 2. The van der Waals surface area contributed by atoms with Gasteiger partial charge in [0.15, 0.2) is 0 Å². The molecule has 0 amide bonds. The van der Waals surface area contributed by atoms with E-state index in [0.717, 1.165) is 6.42 Å². The Morgan fingerprint density at radius 2 is 1.52 bits per heavy atom. The van der Waals surface area contributed by atoms with Crippen LogP contribution >= 0.6 is 17.0 Å². The van der Waals surface area contributed by atoms with E-state index in [4.69, 9.17) is 17.0 Å². The predicted octanol–water partition coefficient (Wildman–Crippen LogP) is 8.61. The number of fused-ring (bicyclic) bond motifs is 2. The van der Waals surface area contributed by atoms with Crippen molar-refractivity contribution in [3.63, 3.8) is 0 Å². The molecule has 31 heavy (non-hydrogen) atoms. The van der Waals surface area contributed by atoms with Gasteiger partial charge in [0.25, 0.3) is 0 Å². The van der Waals surface area contributed by atoms with Gasteiger partial charge in [0.1, 0.15) is 0 Å². The van der Waals surface area contributed by atoms with Gasteiger partial charge >= 0.3 is 37.9 Å². The number of aryl methyl sites for hydroxylation is 1. The molecular formula is C28H26Cl2Zr. The van der Waals surface area contributed by atoms with Crippen LogP contribution in [-0.4, -0.2) is 0 Å². The van der Waals surface area contributed by atoms with E-state index < -0.39 is 20.8 Å². The Kier molecular flexibility index (Phi) is 9.85. The van der Waals surface area contributed by atoms with Crippen LogP contribution in [0.3, 0.4) is 0 Å². The molecule has 0 fully saturated rings. The summed E-state index contributed by atoms with van der Waals surface area (Å²) in [6.07, 6.45) is 11.1. The summed E-state index contributed by atoms with van der Waals surface area (Å²) in [7, 11) is 9.87. The Bertz CT molecular complexity index is 1040. The Balaban J connectivity index is 0.000000176. The van der Waals surface area contributed by atoms with Gasteiger partial charge in [-0.3, -0.25) is 0 Å². The first-order chi connectivity index (χ1) is 15.2. The second kappa shape index (κ2) is 12.6. The van der Waals surface area contributed by atoms with E-state index in [9.17, 15) is 0 Å². The van der Waals surface area contributed by atoms with Gasteiger partial charge in [-0.2, -0.15) is 29.8 Å². The minimum atomic E-state index is -0.826. The van der Waals surface area contributed by atoms with Crippen molar-refractivity contribution >= 4 is 29.2 Å². The second-order valence-corrected chi connectivity index (χ2v) is 11.3. The van der Waals surface area contributed by atoms with E-state index >= 15 is 0 Å². The van der Waals surface area contributed by atoms with Gasteiger partial charge in [0.2, 0.25) is 0 Å². The van der Waals surface area contributed by atoms with Crippen LogP contribution in [0.2, 0.25) is 0 Å². The molecular weight excluding hydrogens is 498 g/mol. The number of halogens is 2. The van der Waals surface area contributed by atoms with Crippen LogP contribution in [0.25, 0.3) is 12.2 Å². The third kappa shape index (κ3) is 6.55. The van der Waals surface area contributed by atoms with Gasteiger partial charge in [-0.05, 0) is 16.7 Å². The Morgan fingerprint density at radius 1 is 0.903 bits per heavy atom. The molecule has 3 aromatic rings. The first-order valence-electron chi connectivity index (χ1n) is 10.5. The van der Waals surface area contributed by atoms with Crippen LogP contribution in [0.4, 0.5) is 0 Å². The summed E-state index contributed by atoms with van der Waals surface area (Å²) in [5.41, 5.74) is 8.16. The molecule has 2 unspecified atom stereocenters. The van der Waals surface area contributed by atoms with Gasteiger partial charge in [0.05, 0.1) is 0 Å². The summed E-state index contributed by atoms with van der Waals surface area (Å²) in [6, 6.07) is 26.9. The van der Waals surface area contributed by atoms with E-state index in [-0.39, 0.29) is 0 Å². The summed E-state index contributed by atoms with van der Waals surface area (Å²) in [5, 5.41) is 0. The van der Waals surface area contributed by atoms with Crippen LogP contribution in [-0.2, 0) is 27.3 Å². The van der Waals surface area contributed by atoms with Gasteiger partial charge in [-0.15, -0.1) is 17.6 Å². The number of benzene rings is 3. The molecule has 0 radical (unpaired) electrons. The summed E-state index contributed by atoms with van der Waals surface area (Å²) in [6.45, 7) is 6.21. The Hall–Kier alpha value is -1.40. The van der Waals surface area contributed by atoms with Crippen molar-refractivity contribution in [3.8, 4) is 0 Å². The summed E-state index contributed by atoms with van der Waals surface area (Å²) in [4.78, 5) is 0. The summed E-state index contributed by atoms with van der Waals surface area (Å²) >= 11 is -0.826. The second-order valence-electron chi connectivity index (χ2n) is 7.53. The first-order valence-corrected chi connectivity index (χ1v) is 16.8. The fraction of sp³-hybridized carbons (Fsp3) is 0.179. The molecule has 0 bridgehead atoms. The fourth-order valence-electron chi connectivity index (χ4n) is 4.01. The van der Waals surface area contributed by atoms with E-state index in [1.54, 1.807) is 0 Å². The Labute approximate surface area is 205 Å². The SMILES string of the molecule is CCCc1[c-]ccc(C2C=Cc3ccccc32)c1.[CH2-]C1C=Cc2ccccc21.[Cl][Zr+2][Cl]. The molecule has 3 heteroatoms. The molecule has 0 saturated heterocycles. The van der Waals surface area contributed by atoms with Crippen molar-refractivity contribution in [2.75, 3.05) is 0 Å². The molecule has 0 N–H and O–H groups in total. The molecule has 0 spiro atoms. The maximum atomic E-state index is 4.93. The van der Waals surface area contributed by atoms with Crippen molar-refractivity contribution in [2.24, 2.45) is 0 Å². The van der Waals surface area contributed by atoms with Crippen LogP contribution in [0.15, 0.2) is 78.9 Å². The van der Waals surface area contributed by atoms with Crippen molar-refractivity contribution in [3.05, 3.63) is 125 Å². The first kappa shape index (κ1) is 24.2. The molecule has 0 saturated carbocycles. The third-order valence-corrected chi connectivity index (χ3v) is 5.47. The average Bonchev–Trinajstić information content (AvgIpc) is 3.39.